The minimum absolute atomic E-state index is 0.302. The molecule has 0 atom stereocenters. The van der Waals surface area contributed by atoms with E-state index < -0.39 is 0 Å². The zero-order chi connectivity index (χ0) is 15.7. The Morgan fingerprint density at radius 2 is 1.62 bits per heavy atom. The molecule has 0 spiro atoms. The molecule has 0 aromatic heterocycles. The van der Waals surface area contributed by atoms with Gasteiger partial charge in [-0.15, -0.1) is 0 Å². The maximum Gasteiger partial charge on any atom is 0.491 e. The normalized spacial score (nSPS) is 20.9. The summed E-state index contributed by atoms with van der Waals surface area (Å²) in [5, 5.41) is 3.20. The molecular weight excluding hydrogens is 261 g/mol. The van der Waals surface area contributed by atoms with Gasteiger partial charge in [0.05, 0.1) is 11.2 Å². The summed E-state index contributed by atoms with van der Waals surface area (Å²) >= 11 is 0. The van der Waals surface area contributed by atoms with Crippen LogP contribution in [0, 0.1) is 6.92 Å². The summed E-state index contributed by atoms with van der Waals surface area (Å²) in [5.74, 6) is 0. The van der Waals surface area contributed by atoms with E-state index in [1.165, 1.54) is 11.1 Å². The van der Waals surface area contributed by atoms with Gasteiger partial charge in [0, 0.05) is 6.54 Å². The largest absolute Gasteiger partial charge is 0.491 e. The van der Waals surface area contributed by atoms with Crippen molar-refractivity contribution in [2.24, 2.45) is 0 Å². The lowest BCUT2D eigenvalue weighted by Crippen LogP contribution is -2.41. The van der Waals surface area contributed by atoms with Crippen molar-refractivity contribution < 1.29 is 9.31 Å². The molecule has 4 heteroatoms. The van der Waals surface area contributed by atoms with E-state index in [9.17, 15) is 0 Å². The zero-order valence-electron chi connectivity index (χ0n) is 14.0. The lowest BCUT2D eigenvalue weighted by atomic mass is 9.77. The Morgan fingerprint density at radius 3 is 2.10 bits per heavy atom. The summed E-state index contributed by atoms with van der Waals surface area (Å²) < 4.78 is 12.3. The molecule has 1 aliphatic heterocycles. The van der Waals surface area contributed by atoms with E-state index in [1.807, 2.05) is 7.05 Å². The maximum absolute atomic E-state index is 6.14. The van der Waals surface area contributed by atoms with E-state index in [-0.39, 0.29) is 18.3 Å². The van der Waals surface area contributed by atoms with Gasteiger partial charge in [0.1, 0.15) is 0 Å². The second-order valence-corrected chi connectivity index (χ2v) is 6.75. The highest BCUT2D eigenvalue weighted by atomic mass is 16.7. The Kier molecular flexibility index (Phi) is 4.62. The second-order valence-electron chi connectivity index (χ2n) is 6.75. The second kappa shape index (κ2) is 5.95. The molecule has 0 radical (unpaired) electrons. The lowest BCUT2D eigenvalue weighted by molar-refractivity contribution is 0.00578. The first-order valence-corrected chi connectivity index (χ1v) is 7.52. The fourth-order valence-electron chi connectivity index (χ4n) is 2.28. The van der Waals surface area contributed by atoms with E-state index in [0.29, 0.717) is 0 Å². The minimum Gasteiger partial charge on any atom is -0.400 e. The predicted octanol–water partition coefficient (Wildman–Crippen LogP) is 3.23. The van der Waals surface area contributed by atoms with Gasteiger partial charge in [-0.05, 0) is 52.7 Å². The van der Waals surface area contributed by atoms with Crippen molar-refractivity contribution in [1.82, 2.24) is 5.32 Å². The number of benzene rings is 1. The van der Waals surface area contributed by atoms with Crippen molar-refractivity contribution in [2.45, 2.75) is 45.8 Å². The zero-order valence-corrected chi connectivity index (χ0v) is 14.0. The van der Waals surface area contributed by atoms with Crippen molar-refractivity contribution >= 4 is 13.2 Å². The molecule has 1 saturated heterocycles. The summed E-state index contributed by atoms with van der Waals surface area (Å²) in [4.78, 5) is 0. The van der Waals surface area contributed by atoms with Crippen LogP contribution in [0.4, 0.5) is 0 Å². The maximum atomic E-state index is 6.14. The Balaban J connectivity index is 2.26. The van der Waals surface area contributed by atoms with Crippen LogP contribution < -0.4 is 5.32 Å². The standard InChI is InChI=1S/C17H26BNO2/c1-13-7-9-14(10-8-13)11-15(12-19-6)18-20-16(2,3)17(4,5)21-18/h7-11,19H,12H2,1-6H3. The number of aryl methyl sites for hydroxylation is 1. The van der Waals surface area contributed by atoms with Gasteiger partial charge in [0.15, 0.2) is 0 Å². The lowest BCUT2D eigenvalue weighted by Gasteiger charge is -2.32. The first-order valence-electron chi connectivity index (χ1n) is 7.52. The Hall–Kier alpha value is -1.10. The van der Waals surface area contributed by atoms with Crippen LogP contribution in [0.15, 0.2) is 29.7 Å². The monoisotopic (exact) mass is 287 g/mol. The molecule has 2 rings (SSSR count). The third kappa shape index (κ3) is 3.57. The third-order valence-corrected chi connectivity index (χ3v) is 4.37. The highest BCUT2D eigenvalue weighted by Crippen LogP contribution is 2.38. The van der Waals surface area contributed by atoms with Crippen LogP contribution >= 0.6 is 0 Å². The number of hydrogen-bond donors (Lipinski definition) is 1. The van der Waals surface area contributed by atoms with E-state index in [2.05, 4.69) is 70.3 Å². The molecule has 1 aromatic carbocycles. The molecule has 0 unspecified atom stereocenters. The van der Waals surface area contributed by atoms with Crippen LogP contribution in [-0.4, -0.2) is 31.9 Å². The molecule has 1 aliphatic rings. The predicted molar refractivity (Wildman–Crippen MR) is 89.2 cm³/mol. The van der Waals surface area contributed by atoms with Crippen LogP contribution in [0.3, 0.4) is 0 Å². The summed E-state index contributed by atoms with van der Waals surface area (Å²) in [6.45, 7) is 11.2. The molecule has 0 amide bonds. The average molecular weight is 287 g/mol. The van der Waals surface area contributed by atoms with E-state index in [0.717, 1.165) is 12.0 Å². The average Bonchev–Trinajstić information content (AvgIpc) is 2.60. The molecular formula is C17H26BNO2. The van der Waals surface area contributed by atoms with Gasteiger partial charge in [-0.3, -0.25) is 0 Å². The molecule has 0 saturated carbocycles. The van der Waals surface area contributed by atoms with E-state index in [4.69, 9.17) is 9.31 Å². The molecule has 3 nitrogen and oxygen atoms in total. The molecule has 0 bridgehead atoms. The van der Waals surface area contributed by atoms with E-state index in [1.54, 1.807) is 0 Å². The van der Waals surface area contributed by atoms with Crippen LogP contribution in [0.25, 0.3) is 6.08 Å². The van der Waals surface area contributed by atoms with Gasteiger partial charge in [0.2, 0.25) is 0 Å². The molecule has 0 aliphatic carbocycles. The van der Waals surface area contributed by atoms with Crippen molar-refractivity contribution in [2.75, 3.05) is 13.6 Å². The number of likely N-dealkylation sites (N-methyl/N-ethyl adjacent to an activating group) is 1. The highest BCUT2D eigenvalue weighted by molar-refractivity contribution is 6.55. The van der Waals surface area contributed by atoms with Gasteiger partial charge < -0.3 is 14.6 Å². The minimum atomic E-state index is -0.308. The smallest absolute Gasteiger partial charge is 0.400 e. The molecule has 1 fully saturated rings. The van der Waals surface area contributed by atoms with Crippen molar-refractivity contribution in [3.63, 3.8) is 0 Å². The molecule has 1 heterocycles. The first kappa shape index (κ1) is 16.3. The Labute approximate surface area is 128 Å². The van der Waals surface area contributed by atoms with Crippen LogP contribution in [0.5, 0.6) is 0 Å². The summed E-state index contributed by atoms with van der Waals surface area (Å²) in [6, 6.07) is 8.48. The molecule has 1 aromatic rings. The van der Waals surface area contributed by atoms with Gasteiger partial charge in [-0.2, -0.15) is 0 Å². The van der Waals surface area contributed by atoms with Crippen molar-refractivity contribution in [1.29, 1.82) is 0 Å². The topological polar surface area (TPSA) is 30.5 Å². The Morgan fingerprint density at radius 1 is 1.10 bits per heavy atom. The summed E-state index contributed by atoms with van der Waals surface area (Å²) in [7, 11) is 1.64. The quantitative estimate of drug-likeness (QED) is 0.862. The molecule has 21 heavy (non-hydrogen) atoms. The molecule has 114 valence electrons. The molecule has 1 N–H and O–H groups in total. The number of rotatable bonds is 4. The Bertz CT molecular complexity index is 504. The summed E-state index contributed by atoms with van der Waals surface area (Å²) in [5.41, 5.74) is 2.92. The SMILES string of the molecule is CNCC(=Cc1ccc(C)cc1)B1OC(C)(C)C(C)(C)O1. The van der Waals surface area contributed by atoms with Crippen LogP contribution in [-0.2, 0) is 9.31 Å². The summed E-state index contributed by atoms with van der Waals surface area (Å²) in [6.07, 6.45) is 2.15. The van der Waals surface area contributed by atoms with Gasteiger partial charge in [-0.25, -0.2) is 0 Å². The van der Waals surface area contributed by atoms with Crippen molar-refractivity contribution in [3.05, 3.63) is 40.9 Å². The number of hydrogen-bond acceptors (Lipinski definition) is 3. The fraction of sp³-hybridized carbons (Fsp3) is 0.529. The van der Waals surface area contributed by atoms with Gasteiger partial charge >= 0.3 is 7.12 Å². The first-order chi connectivity index (χ1) is 9.75. The van der Waals surface area contributed by atoms with Crippen LogP contribution in [0.1, 0.15) is 38.8 Å². The third-order valence-electron chi connectivity index (χ3n) is 4.37. The van der Waals surface area contributed by atoms with Gasteiger partial charge in [0.25, 0.3) is 0 Å². The number of nitrogens with one attached hydrogen (secondary N) is 1. The van der Waals surface area contributed by atoms with Crippen LogP contribution in [0.2, 0.25) is 0 Å². The van der Waals surface area contributed by atoms with Gasteiger partial charge in [-0.1, -0.05) is 35.9 Å². The highest BCUT2D eigenvalue weighted by Gasteiger charge is 2.52. The van der Waals surface area contributed by atoms with Crippen molar-refractivity contribution in [3.8, 4) is 0 Å². The van der Waals surface area contributed by atoms with E-state index >= 15 is 0 Å². The fourth-order valence-corrected chi connectivity index (χ4v) is 2.28.